The summed E-state index contributed by atoms with van der Waals surface area (Å²) in [6.45, 7) is 23.8. The average Bonchev–Trinajstić information content (AvgIpc) is 3.32. The average molecular weight is 1140 g/mol. The lowest BCUT2D eigenvalue weighted by molar-refractivity contribution is -0.149. The highest BCUT2D eigenvalue weighted by Gasteiger charge is 2.27. The van der Waals surface area contributed by atoms with Crippen molar-refractivity contribution in [2.75, 3.05) is 26.4 Å². The van der Waals surface area contributed by atoms with Gasteiger partial charge in [-0.1, -0.05) is 194 Å². The van der Waals surface area contributed by atoms with Gasteiger partial charge in [-0.2, -0.15) is 0 Å². The van der Waals surface area contributed by atoms with Crippen molar-refractivity contribution in [3.8, 4) is 0 Å². The van der Waals surface area contributed by atoms with Crippen LogP contribution in [0, 0.1) is 0 Å². The van der Waals surface area contributed by atoms with E-state index in [1.807, 2.05) is 0 Å². The van der Waals surface area contributed by atoms with E-state index in [0.717, 1.165) is 32.1 Å². The summed E-state index contributed by atoms with van der Waals surface area (Å²) in [4.78, 5) is 69.5. The Balaban J connectivity index is -0.00000123. The number of hydrogen-bond acceptors (Lipinski definition) is 17. The first-order valence-electron chi connectivity index (χ1n) is 30.5. The Morgan fingerprint density at radius 2 is 0.595 bits per heavy atom. The lowest BCUT2D eigenvalue weighted by Crippen LogP contribution is -2.34. The molecule has 2 N–H and O–H groups in total. The van der Waals surface area contributed by atoms with Crippen molar-refractivity contribution in [2.45, 2.75) is 337 Å². The first-order chi connectivity index (χ1) is 37.0. The molecule has 17 heteroatoms. The lowest BCUT2D eigenvalue weighted by Gasteiger charge is -2.23. The summed E-state index contributed by atoms with van der Waals surface area (Å²) in [5.74, 6) is -0.651. The molecule has 0 aliphatic carbocycles. The van der Waals surface area contributed by atoms with Gasteiger partial charge in [0.25, 0.3) is 0 Å². The Morgan fingerprint density at radius 1 is 0.342 bits per heavy atom. The molecule has 0 saturated carbocycles. The van der Waals surface area contributed by atoms with E-state index in [9.17, 15) is 28.8 Å². The third-order valence-corrected chi connectivity index (χ3v) is 11.4. The van der Waals surface area contributed by atoms with Gasteiger partial charge in [-0.25, -0.2) is 19.2 Å². The number of aliphatic hydroxyl groups is 2. The van der Waals surface area contributed by atoms with Crippen LogP contribution in [0.5, 0.6) is 0 Å². The highest BCUT2D eigenvalue weighted by Crippen LogP contribution is 2.18. The molecule has 0 rings (SSSR count). The smallest absolute Gasteiger partial charge is 0.463 e. The van der Waals surface area contributed by atoms with E-state index in [2.05, 4.69) is 18.6 Å². The van der Waals surface area contributed by atoms with Crippen molar-refractivity contribution in [1.29, 1.82) is 0 Å². The van der Waals surface area contributed by atoms with Gasteiger partial charge in [-0.05, 0) is 95.9 Å². The van der Waals surface area contributed by atoms with E-state index in [-0.39, 0.29) is 38.4 Å². The molecule has 2 unspecified atom stereocenters. The first kappa shape index (κ1) is 79.4. The molecule has 0 amide bonds. The molecular weight excluding hydrogens is 1020 g/mol. The summed E-state index contributed by atoms with van der Waals surface area (Å²) in [5, 5.41) is 17.7. The van der Waals surface area contributed by atoms with Gasteiger partial charge in [0.2, 0.25) is 0 Å². The lowest BCUT2D eigenvalue weighted by atomic mass is 10.0. The Labute approximate surface area is 480 Å². The molecule has 0 aromatic heterocycles. The Kier molecular flexibility index (Phi) is 50.1. The molecule has 0 spiro atoms. The molecule has 0 bridgehead atoms. The number of rotatable bonds is 40. The highest BCUT2D eigenvalue weighted by atomic mass is 16.8. The molecule has 0 aromatic rings. The summed E-state index contributed by atoms with van der Waals surface area (Å²) >= 11 is 0. The zero-order chi connectivity index (χ0) is 60.4. The summed E-state index contributed by atoms with van der Waals surface area (Å²) in [6.07, 6.45) is 33.2. The van der Waals surface area contributed by atoms with Crippen LogP contribution in [-0.2, 0) is 52.2 Å². The van der Waals surface area contributed by atoms with Gasteiger partial charge in [0, 0.05) is 12.8 Å². The number of esters is 2. The zero-order valence-corrected chi connectivity index (χ0v) is 52.6. The maximum atomic E-state index is 12.2. The Hall–Kier alpha value is -3.86. The minimum Gasteiger partial charge on any atom is -0.463 e. The van der Waals surface area contributed by atoms with Gasteiger partial charge in [-0.15, -0.1) is 0 Å². The second-order valence-electron chi connectivity index (χ2n) is 24.6. The highest BCUT2D eigenvalue weighted by molar-refractivity contribution is 5.77. The molecule has 79 heavy (non-hydrogen) atoms. The molecule has 17 nitrogen and oxygen atoms in total. The third-order valence-electron chi connectivity index (χ3n) is 11.4. The van der Waals surface area contributed by atoms with Crippen LogP contribution in [-0.4, -0.2) is 108 Å². The molecule has 0 heterocycles. The minimum absolute atomic E-state index is 0.103. The largest absolute Gasteiger partial charge is 0.519 e. The van der Waals surface area contributed by atoms with E-state index >= 15 is 0 Å². The number of carbonyl (C=O) groups excluding carboxylic acids is 6. The Morgan fingerprint density at radius 3 is 0.886 bits per heavy atom. The Bertz CT molecular complexity index is 1480. The molecule has 0 aliphatic heterocycles. The zero-order valence-electron chi connectivity index (χ0n) is 52.6. The van der Waals surface area contributed by atoms with Crippen molar-refractivity contribution in [1.82, 2.24) is 0 Å². The predicted octanol–water partition coefficient (Wildman–Crippen LogP) is 17.1. The van der Waals surface area contributed by atoms with E-state index in [1.165, 1.54) is 161 Å². The summed E-state index contributed by atoms with van der Waals surface area (Å²) in [6, 6.07) is 0. The standard InChI is InChI=1S/C31H58O8.C21H42O4.C10H18O5/c1-8-9-10-11-12-13-14-15-16-17-18-19-20-21-22-23-27(32)35-24-26(37-29(34)39-31(5,6)7)25-36-28(33)38-30(2,3)4;1-2-3-4-5-6-7-8-9-10-11-12-13-14-15-16-17-21(24)25-19-20(23)18-22;1-9(2,3)14-7(11)13-8(12)15-10(4,5)6/h26H,8-25H2,1-7H3;20,22-23H,2-19H2,1H3;1-6H3. The number of hydrogen-bond donors (Lipinski definition) is 2. The molecular formula is C62H118O17. The van der Waals surface area contributed by atoms with Crippen LogP contribution in [0.3, 0.4) is 0 Å². The third kappa shape index (κ3) is 68.3. The van der Waals surface area contributed by atoms with Crippen molar-refractivity contribution in [2.24, 2.45) is 0 Å². The number of unbranched alkanes of at least 4 members (excludes halogenated alkanes) is 28. The van der Waals surface area contributed by atoms with Crippen molar-refractivity contribution < 1.29 is 81.6 Å². The molecule has 468 valence electrons. The second-order valence-corrected chi connectivity index (χ2v) is 24.6. The fraction of sp³-hybridized carbons (Fsp3) is 0.903. The minimum atomic E-state index is -1.06. The van der Waals surface area contributed by atoms with Gasteiger partial charge in [0.05, 0.1) is 6.61 Å². The SMILES string of the molecule is CC(C)(C)OC(=O)OC(=O)OC(C)(C)C.CCCCCCCCCCCCCCCCCC(=O)OCC(COC(=O)OC(C)(C)C)OC(=O)OC(C)(C)C.CCCCCCCCCCCCCCCCCC(=O)OCC(O)CO. The van der Waals surface area contributed by atoms with Gasteiger partial charge >= 0.3 is 36.6 Å². The summed E-state index contributed by atoms with van der Waals surface area (Å²) < 4.78 is 44.5. The maximum Gasteiger partial charge on any atom is 0.519 e. The van der Waals surface area contributed by atoms with Crippen molar-refractivity contribution >= 4 is 36.6 Å². The van der Waals surface area contributed by atoms with Gasteiger partial charge in [0.15, 0.2) is 6.10 Å². The maximum absolute atomic E-state index is 12.2. The van der Waals surface area contributed by atoms with Gasteiger partial charge in [0.1, 0.15) is 48.3 Å². The summed E-state index contributed by atoms with van der Waals surface area (Å²) in [5.41, 5.74) is -2.87. The van der Waals surface area contributed by atoms with Crippen LogP contribution < -0.4 is 0 Å². The van der Waals surface area contributed by atoms with E-state index in [4.69, 9.17) is 48.1 Å². The fourth-order valence-corrected chi connectivity index (χ4v) is 7.43. The van der Waals surface area contributed by atoms with E-state index in [0.29, 0.717) is 12.8 Å². The van der Waals surface area contributed by atoms with Crippen molar-refractivity contribution in [3.05, 3.63) is 0 Å². The second kappa shape index (κ2) is 49.9. The number of aliphatic hydroxyl groups excluding tert-OH is 2. The van der Waals surface area contributed by atoms with Crippen molar-refractivity contribution in [3.63, 3.8) is 0 Å². The van der Waals surface area contributed by atoms with Crippen LogP contribution in [0.25, 0.3) is 0 Å². The summed E-state index contributed by atoms with van der Waals surface area (Å²) in [7, 11) is 0. The first-order valence-corrected chi connectivity index (χ1v) is 30.5. The van der Waals surface area contributed by atoms with Crippen LogP contribution >= 0.6 is 0 Å². The predicted molar refractivity (Wildman–Crippen MR) is 311 cm³/mol. The molecule has 0 aliphatic rings. The topological polar surface area (TPSA) is 226 Å². The molecule has 0 radical (unpaired) electrons. The molecule has 0 aromatic carbocycles. The van der Waals surface area contributed by atoms with E-state index < -0.39 is 59.2 Å². The molecule has 0 fully saturated rings. The number of ether oxygens (including phenoxy) is 9. The van der Waals surface area contributed by atoms with Crippen LogP contribution in [0.1, 0.15) is 302 Å². The van der Waals surface area contributed by atoms with Crippen LogP contribution in [0.4, 0.5) is 19.2 Å². The van der Waals surface area contributed by atoms with E-state index in [1.54, 1.807) is 83.1 Å². The number of carbonyl (C=O) groups is 6. The van der Waals surface area contributed by atoms with Crippen LogP contribution in [0.2, 0.25) is 0 Å². The molecule has 0 saturated heterocycles. The quantitative estimate of drug-likeness (QED) is 0.0252. The molecule has 2 atom stereocenters. The monoisotopic (exact) mass is 1130 g/mol. The normalized spacial score (nSPS) is 12.3. The van der Waals surface area contributed by atoms with Crippen LogP contribution in [0.15, 0.2) is 0 Å². The van der Waals surface area contributed by atoms with Gasteiger partial charge < -0.3 is 52.8 Å². The van der Waals surface area contributed by atoms with Gasteiger partial charge in [-0.3, -0.25) is 9.59 Å². The fourth-order valence-electron chi connectivity index (χ4n) is 7.43.